The lowest BCUT2D eigenvalue weighted by molar-refractivity contribution is -0.127. The fourth-order valence-corrected chi connectivity index (χ4v) is 2.45. The summed E-state index contributed by atoms with van der Waals surface area (Å²) in [6.45, 7) is 8.32. The van der Waals surface area contributed by atoms with Crippen LogP contribution in [-0.4, -0.2) is 37.5 Å². The minimum atomic E-state index is -0.584. The van der Waals surface area contributed by atoms with E-state index in [1.807, 2.05) is 0 Å². The Morgan fingerprint density at radius 3 is 2.54 bits per heavy atom. The van der Waals surface area contributed by atoms with Crippen molar-refractivity contribution in [2.45, 2.75) is 58.9 Å². The van der Waals surface area contributed by atoms with Crippen molar-refractivity contribution in [2.75, 3.05) is 19.6 Å². The van der Waals surface area contributed by atoms with Crippen LogP contribution in [0.15, 0.2) is 0 Å². The summed E-state index contributed by atoms with van der Waals surface area (Å²) in [4.78, 5) is 23.4. The molecule has 0 spiro atoms. The van der Waals surface area contributed by atoms with E-state index in [9.17, 15) is 9.59 Å². The molecule has 2 aliphatic rings. The number of nitriles is 1. The first-order valence-electron chi connectivity index (χ1n) is 9.09. The third-order valence-electron chi connectivity index (χ3n) is 3.83. The number of rotatable bonds is 7. The van der Waals surface area contributed by atoms with Crippen LogP contribution in [0.5, 0.6) is 0 Å². The third kappa shape index (κ3) is 9.51. The Morgan fingerprint density at radius 2 is 2.00 bits per heavy atom. The summed E-state index contributed by atoms with van der Waals surface area (Å²) in [5.41, 5.74) is 0. The molecule has 0 radical (unpaired) electrons. The number of carbonyl (C=O) groups excluding carboxylic acids is 2. The summed E-state index contributed by atoms with van der Waals surface area (Å²) >= 11 is 0. The smallest absolute Gasteiger partial charge is 0.234 e. The van der Waals surface area contributed by atoms with E-state index in [0.717, 1.165) is 31.2 Å². The van der Waals surface area contributed by atoms with Crippen LogP contribution in [0.2, 0.25) is 0 Å². The summed E-state index contributed by atoms with van der Waals surface area (Å²) in [6.07, 6.45) is 4.61. The number of nitrogens with one attached hydrogen (secondary N) is 3. The quantitative estimate of drug-likeness (QED) is 0.658. The molecule has 1 saturated carbocycles. The predicted octanol–water partition coefficient (Wildman–Crippen LogP) is 1.57. The molecule has 3 N–H and O–H groups in total. The van der Waals surface area contributed by atoms with Crippen LogP contribution >= 0.6 is 0 Å². The molecule has 6 heteroatoms. The number of nitrogens with zero attached hydrogens (tertiary/aromatic N) is 1. The van der Waals surface area contributed by atoms with Gasteiger partial charge in [0.15, 0.2) is 0 Å². The van der Waals surface area contributed by atoms with E-state index in [1.54, 1.807) is 0 Å². The summed E-state index contributed by atoms with van der Waals surface area (Å²) in [6, 6.07) is 1.49. The van der Waals surface area contributed by atoms with Crippen LogP contribution in [0.4, 0.5) is 0 Å². The summed E-state index contributed by atoms with van der Waals surface area (Å²) < 4.78 is 0. The maximum absolute atomic E-state index is 11.7. The zero-order valence-electron chi connectivity index (χ0n) is 15.2. The molecule has 2 atom stereocenters. The zero-order valence-corrected chi connectivity index (χ0v) is 15.2. The molecule has 2 amide bonds. The van der Waals surface area contributed by atoms with Gasteiger partial charge in [-0.15, -0.1) is 0 Å². The zero-order chi connectivity index (χ0) is 17.9. The maximum Gasteiger partial charge on any atom is 0.234 e. The maximum atomic E-state index is 11.7. The molecule has 1 saturated heterocycles. The normalized spacial score (nSPS) is 21.1. The van der Waals surface area contributed by atoms with Crippen LogP contribution in [-0.2, 0) is 9.59 Å². The lowest BCUT2D eigenvalue weighted by Crippen LogP contribution is -2.44. The molecule has 1 aliphatic heterocycles. The van der Waals surface area contributed by atoms with Crippen LogP contribution in [0.1, 0.15) is 52.9 Å². The third-order valence-corrected chi connectivity index (χ3v) is 3.83. The highest BCUT2D eigenvalue weighted by Crippen LogP contribution is 2.27. The fourth-order valence-electron chi connectivity index (χ4n) is 2.45. The average molecular weight is 336 g/mol. The molecule has 136 valence electrons. The van der Waals surface area contributed by atoms with Crippen molar-refractivity contribution in [2.24, 2.45) is 17.8 Å². The summed E-state index contributed by atoms with van der Waals surface area (Å²) in [5, 5.41) is 17.7. The first-order chi connectivity index (χ1) is 11.4. The fraction of sp³-hybridized carbons (Fsp3) is 0.833. The van der Waals surface area contributed by atoms with E-state index in [2.05, 4.69) is 42.8 Å². The van der Waals surface area contributed by atoms with E-state index in [1.165, 1.54) is 12.8 Å². The molecule has 0 bridgehead atoms. The molecule has 1 unspecified atom stereocenters. The van der Waals surface area contributed by atoms with Crippen molar-refractivity contribution >= 4 is 11.8 Å². The Hall–Kier alpha value is -1.61. The molecular weight excluding hydrogens is 304 g/mol. The van der Waals surface area contributed by atoms with E-state index >= 15 is 0 Å². The van der Waals surface area contributed by atoms with Gasteiger partial charge in [-0.05, 0) is 50.5 Å². The number of hydrogen-bond donors (Lipinski definition) is 3. The highest BCUT2D eigenvalue weighted by atomic mass is 16.2. The van der Waals surface area contributed by atoms with E-state index < -0.39 is 6.04 Å². The first-order valence-corrected chi connectivity index (χ1v) is 9.09. The Balaban J connectivity index is 0.000000648. The Bertz CT molecular complexity index is 438. The van der Waals surface area contributed by atoms with Crippen LogP contribution in [0.25, 0.3) is 0 Å². The summed E-state index contributed by atoms with van der Waals surface area (Å²) in [7, 11) is 0. The minimum Gasteiger partial charge on any atom is -0.356 e. The SMILES string of the molecule is CC(C)C.N#CC(C[C@@H]1CCCNC1=O)NC(=O)CNCC1CC1. The van der Waals surface area contributed by atoms with Crippen molar-refractivity contribution in [3.63, 3.8) is 0 Å². The molecule has 2 rings (SSSR count). The topological polar surface area (TPSA) is 94.0 Å². The molecule has 6 nitrogen and oxygen atoms in total. The second-order valence-corrected chi connectivity index (χ2v) is 7.42. The molecule has 2 fully saturated rings. The highest BCUT2D eigenvalue weighted by molar-refractivity contribution is 5.80. The Kier molecular flexibility index (Phi) is 9.39. The van der Waals surface area contributed by atoms with Gasteiger partial charge < -0.3 is 16.0 Å². The van der Waals surface area contributed by atoms with Crippen molar-refractivity contribution in [3.8, 4) is 6.07 Å². The molecule has 0 aromatic carbocycles. The first kappa shape index (κ1) is 20.4. The van der Waals surface area contributed by atoms with Crippen LogP contribution < -0.4 is 16.0 Å². The standard InChI is InChI=1S/C14H22N4O2.C4H10/c15-7-12(6-11-2-1-5-17-14(11)20)18-13(19)9-16-8-10-3-4-10;1-4(2)3/h10-12,16H,1-6,8-9H2,(H,17,20)(H,18,19);4H,1-3H3/t11-,12?;/m0./s1. The van der Waals surface area contributed by atoms with Gasteiger partial charge in [-0.3, -0.25) is 9.59 Å². The van der Waals surface area contributed by atoms with Gasteiger partial charge in [-0.2, -0.15) is 5.26 Å². The number of carbonyl (C=O) groups is 2. The lowest BCUT2D eigenvalue weighted by atomic mass is 9.92. The minimum absolute atomic E-state index is 0.00222. The Labute approximate surface area is 145 Å². The van der Waals surface area contributed by atoms with Gasteiger partial charge in [0.2, 0.25) is 11.8 Å². The molecular formula is C18H32N4O2. The van der Waals surface area contributed by atoms with Crippen molar-refractivity contribution in [1.82, 2.24) is 16.0 Å². The number of piperidine rings is 1. The highest BCUT2D eigenvalue weighted by Gasteiger charge is 2.26. The van der Waals surface area contributed by atoms with Crippen molar-refractivity contribution < 1.29 is 9.59 Å². The van der Waals surface area contributed by atoms with Crippen molar-refractivity contribution in [3.05, 3.63) is 0 Å². The van der Waals surface area contributed by atoms with Gasteiger partial charge in [-0.25, -0.2) is 0 Å². The molecule has 0 aromatic heterocycles. The molecule has 1 aliphatic carbocycles. The number of hydrogen-bond acceptors (Lipinski definition) is 4. The van der Waals surface area contributed by atoms with Gasteiger partial charge in [-0.1, -0.05) is 20.8 Å². The Morgan fingerprint density at radius 1 is 1.33 bits per heavy atom. The second kappa shape index (κ2) is 11.0. The predicted molar refractivity (Wildman–Crippen MR) is 94.0 cm³/mol. The second-order valence-electron chi connectivity index (χ2n) is 7.42. The molecule has 1 heterocycles. The van der Waals surface area contributed by atoms with Crippen molar-refractivity contribution in [1.29, 1.82) is 5.26 Å². The molecule has 0 aromatic rings. The van der Waals surface area contributed by atoms with E-state index in [0.29, 0.717) is 13.0 Å². The summed E-state index contributed by atoms with van der Waals surface area (Å²) in [5.74, 6) is 1.22. The largest absolute Gasteiger partial charge is 0.356 e. The van der Waals surface area contributed by atoms with Gasteiger partial charge in [0, 0.05) is 12.5 Å². The van der Waals surface area contributed by atoms with Gasteiger partial charge in [0.05, 0.1) is 12.6 Å². The van der Waals surface area contributed by atoms with E-state index in [-0.39, 0.29) is 24.3 Å². The number of amides is 2. The van der Waals surface area contributed by atoms with Gasteiger partial charge >= 0.3 is 0 Å². The molecule has 24 heavy (non-hydrogen) atoms. The monoisotopic (exact) mass is 336 g/mol. The van der Waals surface area contributed by atoms with Gasteiger partial charge in [0.25, 0.3) is 0 Å². The van der Waals surface area contributed by atoms with Crippen LogP contribution in [0, 0.1) is 29.1 Å². The lowest BCUT2D eigenvalue weighted by Gasteiger charge is -2.23. The van der Waals surface area contributed by atoms with Crippen LogP contribution in [0.3, 0.4) is 0 Å². The van der Waals surface area contributed by atoms with Gasteiger partial charge in [0.1, 0.15) is 6.04 Å². The van der Waals surface area contributed by atoms with E-state index in [4.69, 9.17) is 5.26 Å². The average Bonchev–Trinajstić information content (AvgIpc) is 3.32.